The quantitative estimate of drug-likeness (QED) is 0.558. The number of primary amides is 1. The Balaban J connectivity index is 1.82. The molecule has 0 spiro atoms. The van der Waals surface area contributed by atoms with Crippen LogP contribution in [-0.2, 0) is 14.3 Å². The van der Waals surface area contributed by atoms with Gasteiger partial charge in [0, 0.05) is 31.9 Å². The number of nitrogens with one attached hydrogen (secondary N) is 2. The van der Waals surface area contributed by atoms with Crippen molar-refractivity contribution in [1.29, 1.82) is 0 Å². The summed E-state index contributed by atoms with van der Waals surface area (Å²) in [7, 11) is 0. The van der Waals surface area contributed by atoms with E-state index in [-0.39, 0.29) is 5.91 Å². The Labute approximate surface area is 181 Å². The van der Waals surface area contributed by atoms with Gasteiger partial charge in [-0.2, -0.15) is 11.8 Å². The van der Waals surface area contributed by atoms with Crippen molar-refractivity contribution in [3.8, 4) is 0 Å². The molecule has 0 aliphatic carbocycles. The molecule has 0 bridgehead atoms. The molecule has 9 nitrogen and oxygen atoms in total. The van der Waals surface area contributed by atoms with Crippen LogP contribution >= 0.6 is 11.8 Å². The van der Waals surface area contributed by atoms with Crippen LogP contribution in [0.5, 0.6) is 0 Å². The van der Waals surface area contributed by atoms with Gasteiger partial charge < -0.3 is 35.6 Å². The molecule has 0 aromatic heterocycles. The zero-order valence-corrected chi connectivity index (χ0v) is 18.2. The maximum Gasteiger partial charge on any atom is 0.312 e. The zero-order chi connectivity index (χ0) is 21.3. The highest BCUT2D eigenvalue weighted by Gasteiger charge is 2.23. The maximum atomic E-state index is 12.9. The monoisotopic (exact) mass is 437 g/mol. The molecular formula is C20H31N5O4S. The lowest BCUT2D eigenvalue weighted by Gasteiger charge is -2.34. The van der Waals surface area contributed by atoms with Crippen molar-refractivity contribution in [3.63, 3.8) is 0 Å². The second kappa shape index (κ2) is 11.3. The third-order valence-electron chi connectivity index (χ3n) is 5.21. The third-order valence-corrected chi connectivity index (χ3v) is 5.85. The topological polar surface area (TPSA) is 109 Å². The Hall–Kier alpha value is -2.17. The molecule has 2 aliphatic heterocycles. The van der Waals surface area contributed by atoms with E-state index in [1.165, 1.54) is 0 Å². The van der Waals surface area contributed by atoms with Crippen LogP contribution in [0.25, 0.3) is 0 Å². The third kappa shape index (κ3) is 6.16. The fourth-order valence-corrected chi connectivity index (χ4v) is 4.08. The Morgan fingerprint density at radius 1 is 1.10 bits per heavy atom. The van der Waals surface area contributed by atoms with E-state index in [1.54, 1.807) is 11.8 Å². The second-order valence-electron chi connectivity index (χ2n) is 7.23. The number of benzene rings is 1. The summed E-state index contributed by atoms with van der Waals surface area (Å²) in [6.07, 6.45) is 2.47. The number of anilines is 3. The lowest BCUT2D eigenvalue weighted by molar-refractivity contribution is -0.117. The lowest BCUT2D eigenvalue weighted by Crippen LogP contribution is -2.46. The molecule has 166 valence electrons. The number of carbonyl (C=O) groups excluding carboxylic acids is 2. The number of amides is 3. The number of rotatable bonds is 8. The number of hydrogen-bond acceptors (Lipinski definition) is 7. The first-order valence-electron chi connectivity index (χ1n) is 10.2. The Bertz CT molecular complexity index is 723. The van der Waals surface area contributed by atoms with Gasteiger partial charge in [0.2, 0.25) is 5.91 Å². The predicted octanol–water partition coefficient (Wildman–Crippen LogP) is 1.09. The van der Waals surface area contributed by atoms with Gasteiger partial charge in [0.25, 0.3) is 0 Å². The molecule has 30 heavy (non-hydrogen) atoms. The van der Waals surface area contributed by atoms with Crippen LogP contribution < -0.4 is 26.2 Å². The largest absolute Gasteiger partial charge is 0.378 e. The zero-order valence-electron chi connectivity index (χ0n) is 17.4. The second-order valence-corrected chi connectivity index (χ2v) is 8.22. The van der Waals surface area contributed by atoms with Crippen molar-refractivity contribution in [2.75, 3.05) is 79.7 Å². The van der Waals surface area contributed by atoms with Gasteiger partial charge in [0.15, 0.2) is 0 Å². The molecule has 1 atom stereocenters. The fourth-order valence-electron chi connectivity index (χ4n) is 3.61. The molecule has 1 aromatic carbocycles. The highest BCUT2D eigenvalue weighted by molar-refractivity contribution is 7.98. The van der Waals surface area contributed by atoms with Crippen LogP contribution in [0.15, 0.2) is 18.2 Å². The van der Waals surface area contributed by atoms with Gasteiger partial charge in [0.05, 0.1) is 37.8 Å². The summed E-state index contributed by atoms with van der Waals surface area (Å²) in [5, 5.41) is 5.56. The van der Waals surface area contributed by atoms with Crippen LogP contribution in [0.4, 0.5) is 21.9 Å². The first-order chi connectivity index (χ1) is 14.6. The van der Waals surface area contributed by atoms with Gasteiger partial charge >= 0.3 is 6.03 Å². The Morgan fingerprint density at radius 2 is 1.73 bits per heavy atom. The molecule has 3 amide bonds. The summed E-state index contributed by atoms with van der Waals surface area (Å²) >= 11 is 1.61. The van der Waals surface area contributed by atoms with E-state index in [4.69, 9.17) is 15.2 Å². The summed E-state index contributed by atoms with van der Waals surface area (Å²) < 4.78 is 11.0. The lowest BCUT2D eigenvalue weighted by atomic mass is 10.1. The molecule has 0 saturated carbocycles. The highest BCUT2D eigenvalue weighted by Crippen LogP contribution is 2.32. The van der Waals surface area contributed by atoms with Gasteiger partial charge in [-0.05, 0) is 36.6 Å². The molecule has 2 aliphatic rings. The first-order valence-corrected chi connectivity index (χ1v) is 11.6. The van der Waals surface area contributed by atoms with Crippen molar-refractivity contribution < 1.29 is 19.1 Å². The number of nitrogens with two attached hydrogens (primary N) is 1. The number of urea groups is 1. The van der Waals surface area contributed by atoms with Crippen molar-refractivity contribution in [2.24, 2.45) is 5.73 Å². The number of carbonyl (C=O) groups is 2. The predicted molar refractivity (Wildman–Crippen MR) is 121 cm³/mol. The molecule has 0 unspecified atom stereocenters. The average Bonchev–Trinajstić information content (AvgIpc) is 2.77. The van der Waals surface area contributed by atoms with Crippen molar-refractivity contribution in [2.45, 2.75) is 12.5 Å². The summed E-state index contributed by atoms with van der Waals surface area (Å²) in [5.74, 6) is 0.474. The molecule has 2 fully saturated rings. The number of morpholine rings is 2. The van der Waals surface area contributed by atoms with E-state index in [1.807, 2.05) is 18.4 Å². The fraction of sp³-hybridized carbons (Fsp3) is 0.600. The number of nitrogens with zero attached hydrogens (tertiary/aromatic N) is 2. The van der Waals surface area contributed by atoms with E-state index in [0.717, 1.165) is 49.0 Å². The van der Waals surface area contributed by atoms with E-state index in [0.29, 0.717) is 32.8 Å². The van der Waals surface area contributed by atoms with Crippen LogP contribution in [0.1, 0.15) is 6.42 Å². The summed E-state index contributed by atoms with van der Waals surface area (Å²) in [6.45, 7) is 5.91. The number of thioether (sulfide) groups is 1. The van der Waals surface area contributed by atoms with Crippen molar-refractivity contribution in [3.05, 3.63) is 18.2 Å². The molecular weight excluding hydrogens is 406 g/mol. The van der Waals surface area contributed by atoms with E-state index in [2.05, 4.69) is 26.5 Å². The van der Waals surface area contributed by atoms with Crippen LogP contribution in [0.3, 0.4) is 0 Å². The molecule has 3 rings (SSSR count). The first kappa shape index (κ1) is 22.5. The molecule has 2 saturated heterocycles. The number of ether oxygens (including phenoxy) is 2. The minimum Gasteiger partial charge on any atom is -0.378 e. The van der Waals surface area contributed by atoms with E-state index >= 15 is 0 Å². The van der Waals surface area contributed by atoms with Crippen molar-refractivity contribution in [1.82, 2.24) is 5.32 Å². The molecule has 0 radical (unpaired) electrons. The van der Waals surface area contributed by atoms with Gasteiger partial charge in [-0.15, -0.1) is 0 Å². The smallest absolute Gasteiger partial charge is 0.312 e. The normalized spacial score (nSPS) is 18.0. The number of hydrogen-bond donors (Lipinski definition) is 3. The van der Waals surface area contributed by atoms with E-state index < -0.39 is 12.1 Å². The van der Waals surface area contributed by atoms with Crippen molar-refractivity contribution >= 4 is 40.8 Å². The Morgan fingerprint density at radius 3 is 2.33 bits per heavy atom. The average molecular weight is 438 g/mol. The standard InChI is InChI=1S/C20H31N5O4S/c1-30-13-4-17(23-20(21)27)19(26)22-16-3-2-15(24-5-9-28-10-6-24)14-18(16)25-7-11-29-12-8-25/h2-3,14,17H,4-13H2,1H3,(H,22,26)(H3,21,23,27)/t17-/m1/s1. The molecule has 4 N–H and O–H groups in total. The Kier molecular flexibility index (Phi) is 8.47. The maximum absolute atomic E-state index is 12.9. The van der Waals surface area contributed by atoms with Gasteiger partial charge in [0.1, 0.15) is 6.04 Å². The molecule has 2 heterocycles. The summed E-state index contributed by atoms with van der Waals surface area (Å²) in [5.41, 5.74) is 8.05. The van der Waals surface area contributed by atoms with Crippen LogP contribution in [0.2, 0.25) is 0 Å². The van der Waals surface area contributed by atoms with Crippen LogP contribution in [-0.4, -0.2) is 82.6 Å². The minimum atomic E-state index is -0.702. The van der Waals surface area contributed by atoms with Gasteiger partial charge in [-0.3, -0.25) is 4.79 Å². The molecule has 1 aromatic rings. The summed E-state index contributed by atoms with van der Waals surface area (Å²) in [6, 6.07) is 4.69. The van der Waals surface area contributed by atoms with Gasteiger partial charge in [-0.25, -0.2) is 4.79 Å². The minimum absolute atomic E-state index is 0.267. The highest BCUT2D eigenvalue weighted by atomic mass is 32.2. The summed E-state index contributed by atoms with van der Waals surface area (Å²) in [4.78, 5) is 28.8. The van der Waals surface area contributed by atoms with Gasteiger partial charge in [-0.1, -0.05) is 0 Å². The van der Waals surface area contributed by atoms with Crippen LogP contribution in [0, 0.1) is 0 Å². The SMILES string of the molecule is CSCC[C@@H](NC(N)=O)C(=O)Nc1ccc(N2CCOCC2)cc1N1CCOCC1. The molecule has 10 heteroatoms. The van der Waals surface area contributed by atoms with E-state index in [9.17, 15) is 9.59 Å².